The predicted octanol–water partition coefficient (Wildman–Crippen LogP) is 3.10. The van der Waals surface area contributed by atoms with E-state index < -0.39 is 11.5 Å². The van der Waals surface area contributed by atoms with Crippen LogP contribution in [0.1, 0.15) is 29.1 Å². The van der Waals surface area contributed by atoms with Crippen molar-refractivity contribution in [3.63, 3.8) is 0 Å². The van der Waals surface area contributed by atoms with Crippen molar-refractivity contribution in [3.05, 3.63) is 34.7 Å². The largest absolute Gasteiger partial charge is 0.477 e. The van der Waals surface area contributed by atoms with Gasteiger partial charge in [0.25, 0.3) is 0 Å². The molecule has 0 unspecified atom stereocenters. The SMILES string of the molecule is C#CC(C)(C)NCc1c(C(=O)O)sc2ccccc12. The fourth-order valence-corrected chi connectivity index (χ4v) is 2.87. The average molecular weight is 273 g/mol. The van der Waals surface area contributed by atoms with Crippen molar-refractivity contribution in [3.8, 4) is 12.3 Å². The number of nitrogens with one attached hydrogen (secondary N) is 1. The van der Waals surface area contributed by atoms with Gasteiger partial charge in [0.2, 0.25) is 0 Å². The van der Waals surface area contributed by atoms with Crippen LogP contribution in [-0.4, -0.2) is 16.6 Å². The highest BCUT2D eigenvalue weighted by atomic mass is 32.1. The second kappa shape index (κ2) is 5.04. The number of hydrogen-bond donors (Lipinski definition) is 2. The topological polar surface area (TPSA) is 49.3 Å². The molecule has 0 spiro atoms. The summed E-state index contributed by atoms with van der Waals surface area (Å²) in [6.07, 6.45) is 5.43. The summed E-state index contributed by atoms with van der Waals surface area (Å²) in [6, 6.07) is 7.70. The molecular weight excluding hydrogens is 258 g/mol. The first-order valence-corrected chi connectivity index (χ1v) is 6.73. The molecule has 3 nitrogen and oxygen atoms in total. The highest BCUT2D eigenvalue weighted by Crippen LogP contribution is 2.31. The molecule has 0 saturated carbocycles. The van der Waals surface area contributed by atoms with E-state index in [1.54, 1.807) is 0 Å². The van der Waals surface area contributed by atoms with E-state index in [4.69, 9.17) is 6.42 Å². The fourth-order valence-electron chi connectivity index (χ4n) is 1.81. The Hall–Kier alpha value is -1.83. The molecule has 0 bridgehead atoms. The molecule has 2 rings (SSSR count). The lowest BCUT2D eigenvalue weighted by Gasteiger charge is -2.19. The number of carboxylic acids is 1. The number of aromatic carboxylic acids is 1. The molecular formula is C15H15NO2S. The van der Waals surface area contributed by atoms with Crippen molar-refractivity contribution >= 4 is 27.4 Å². The van der Waals surface area contributed by atoms with Gasteiger partial charge in [-0.15, -0.1) is 17.8 Å². The van der Waals surface area contributed by atoms with E-state index in [9.17, 15) is 9.90 Å². The lowest BCUT2D eigenvalue weighted by molar-refractivity contribution is 0.0701. The number of carbonyl (C=O) groups is 1. The Labute approximate surface area is 116 Å². The first kappa shape index (κ1) is 13.6. The van der Waals surface area contributed by atoms with Gasteiger partial charge in [-0.05, 0) is 30.9 Å². The van der Waals surface area contributed by atoms with Crippen LogP contribution in [0.4, 0.5) is 0 Å². The third-order valence-electron chi connectivity index (χ3n) is 2.96. The van der Waals surface area contributed by atoms with Gasteiger partial charge in [-0.3, -0.25) is 5.32 Å². The first-order valence-electron chi connectivity index (χ1n) is 5.91. The van der Waals surface area contributed by atoms with E-state index in [-0.39, 0.29) is 0 Å². The molecule has 19 heavy (non-hydrogen) atoms. The molecule has 0 saturated heterocycles. The third kappa shape index (κ3) is 2.78. The van der Waals surface area contributed by atoms with E-state index >= 15 is 0 Å². The number of rotatable bonds is 4. The van der Waals surface area contributed by atoms with Crippen LogP contribution in [0.5, 0.6) is 0 Å². The minimum absolute atomic E-state index is 0.376. The summed E-state index contributed by atoms with van der Waals surface area (Å²) in [6.45, 7) is 4.23. The monoisotopic (exact) mass is 273 g/mol. The van der Waals surface area contributed by atoms with Gasteiger partial charge >= 0.3 is 5.97 Å². The molecule has 0 aliphatic heterocycles. The van der Waals surface area contributed by atoms with Crippen molar-refractivity contribution in [2.24, 2.45) is 0 Å². The van der Waals surface area contributed by atoms with Crippen molar-refractivity contribution in [1.82, 2.24) is 5.32 Å². The lowest BCUT2D eigenvalue weighted by atomic mass is 10.1. The number of benzene rings is 1. The van der Waals surface area contributed by atoms with E-state index in [1.165, 1.54) is 11.3 Å². The van der Waals surface area contributed by atoms with Crippen LogP contribution in [0.25, 0.3) is 10.1 Å². The van der Waals surface area contributed by atoms with Crippen LogP contribution in [0.3, 0.4) is 0 Å². The minimum Gasteiger partial charge on any atom is -0.477 e. The Balaban J connectivity index is 2.43. The number of thiophene rings is 1. The van der Waals surface area contributed by atoms with Gasteiger partial charge in [-0.25, -0.2) is 4.79 Å². The molecule has 2 aromatic rings. The van der Waals surface area contributed by atoms with Gasteiger partial charge in [0, 0.05) is 11.2 Å². The van der Waals surface area contributed by atoms with E-state index in [0.29, 0.717) is 11.4 Å². The Morgan fingerprint density at radius 2 is 2.16 bits per heavy atom. The summed E-state index contributed by atoms with van der Waals surface area (Å²) >= 11 is 1.30. The summed E-state index contributed by atoms with van der Waals surface area (Å²) in [5.41, 5.74) is 0.343. The average Bonchev–Trinajstić information content (AvgIpc) is 2.75. The maximum Gasteiger partial charge on any atom is 0.346 e. The summed E-state index contributed by atoms with van der Waals surface area (Å²) in [7, 11) is 0. The lowest BCUT2D eigenvalue weighted by Crippen LogP contribution is -2.37. The van der Waals surface area contributed by atoms with Crippen LogP contribution in [-0.2, 0) is 6.54 Å². The molecule has 1 aromatic carbocycles. The molecule has 0 fully saturated rings. The molecule has 0 aliphatic rings. The zero-order valence-electron chi connectivity index (χ0n) is 10.9. The molecule has 0 atom stereocenters. The second-order valence-corrected chi connectivity index (χ2v) is 5.89. The Bertz CT molecular complexity index is 664. The predicted molar refractivity (Wildman–Crippen MR) is 78.5 cm³/mol. The maximum absolute atomic E-state index is 11.3. The smallest absolute Gasteiger partial charge is 0.346 e. The van der Waals surface area contributed by atoms with Gasteiger partial charge in [0.05, 0.1) is 5.54 Å². The van der Waals surface area contributed by atoms with Gasteiger partial charge in [0.15, 0.2) is 0 Å². The zero-order chi connectivity index (χ0) is 14.0. The maximum atomic E-state index is 11.3. The molecule has 1 aromatic heterocycles. The Morgan fingerprint density at radius 3 is 2.79 bits per heavy atom. The molecule has 0 amide bonds. The molecule has 2 N–H and O–H groups in total. The van der Waals surface area contributed by atoms with E-state index in [2.05, 4.69) is 11.2 Å². The van der Waals surface area contributed by atoms with Crippen LogP contribution >= 0.6 is 11.3 Å². The normalized spacial score (nSPS) is 11.4. The second-order valence-electron chi connectivity index (χ2n) is 4.83. The minimum atomic E-state index is -0.892. The van der Waals surface area contributed by atoms with Crippen molar-refractivity contribution in [1.29, 1.82) is 0 Å². The number of terminal acetylenes is 1. The zero-order valence-corrected chi connectivity index (χ0v) is 11.7. The van der Waals surface area contributed by atoms with Crippen molar-refractivity contribution < 1.29 is 9.90 Å². The summed E-state index contributed by atoms with van der Waals surface area (Å²) in [4.78, 5) is 11.7. The summed E-state index contributed by atoms with van der Waals surface area (Å²) in [5.74, 6) is 1.75. The van der Waals surface area contributed by atoms with Crippen LogP contribution in [0.15, 0.2) is 24.3 Å². The van der Waals surface area contributed by atoms with Gasteiger partial charge < -0.3 is 5.11 Å². The molecule has 4 heteroatoms. The van der Waals surface area contributed by atoms with Gasteiger partial charge in [-0.1, -0.05) is 24.1 Å². The third-order valence-corrected chi connectivity index (χ3v) is 4.16. The highest BCUT2D eigenvalue weighted by molar-refractivity contribution is 7.21. The Kier molecular flexibility index (Phi) is 3.61. The van der Waals surface area contributed by atoms with Crippen molar-refractivity contribution in [2.45, 2.75) is 25.9 Å². The highest BCUT2D eigenvalue weighted by Gasteiger charge is 2.20. The van der Waals surface area contributed by atoms with Crippen LogP contribution in [0, 0.1) is 12.3 Å². The molecule has 0 aliphatic carbocycles. The van der Waals surface area contributed by atoms with E-state index in [1.807, 2.05) is 38.1 Å². The standard InChI is InChI=1S/C15H15NO2S/c1-4-15(2,3)16-9-11-10-7-5-6-8-12(10)19-13(11)14(17)18/h1,5-8,16H,9H2,2-3H3,(H,17,18). The molecule has 98 valence electrons. The molecule has 1 heterocycles. The number of hydrogen-bond acceptors (Lipinski definition) is 3. The van der Waals surface area contributed by atoms with E-state index in [0.717, 1.165) is 15.6 Å². The van der Waals surface area contributed by atoms with Crippen LogP contribution in [0.2, 0.25) is 0 Å². The summed E-state index contributed by atoms with van der Waals surface area (Å²) in [5, 5.41) is 13.5. The van der Waals surface area contributed by atoms with Crippen molar-refractivity contribution in [2.75, 3.05) is 0 Å². The number of carboxylic acid groups (broad SMARTS) is 1. The number of fused-ring (bicyclic) bond motifs is 1. The summed E-state index contributed by atoms with van der Waals surface area (Å²) < 4.78 is 0.982. The van der Waals surface area contributed by atoms with Crippen LogP contribution < -0.4 is 5.32 Å². The van der Waals surface area contributed by atoms with Gasteiger partial charge in [0.1, 0.15) is 4.88 Å². The Morgan fingerprint density at radius 1 is 1.47 bits per heavy atom. The quantitative estimate of drug-likeness (QED) is 0.842. The van der Waals surface area contributed by atoms with Gasteiger partial charge in [-0.2, -0.15) is 0 Å². The molecule has 0 radical (unpaired) electrons. The fraction of sp³-hybridized carbons (Fsp3) is 0.267. The first-order chi connectivity index (χ1) is 8.94.